The number of ether oxygens (including phenoxy) is 2. The third-order valence-corrected chi connectivity index (χ3v) is 4.88. The van der Waals surface area contributed by atoms with Crippen LogP contribution in [0.3, 0.4) is 0 Å². The van der Waals surface area contributed by atoms with Crippen molar-refractivity contribution in [2.75, 3.05) is 7.11 Å². The predicted molar refractivity (Wildman–Crippen MR) is 118 cm³/mol. The van der Waals surface area contributed by atoms with Crippen molar-refractivity contribution < 1.29 is 18.7 Å². The number of carbonyl (C=O) groups excluding carboxylic acids is 1. The lowest BCUT2D eigenvalue weighted by Gasteiger charge is -2.13. The van der Waals surface area contributed by atoms with Gasteiger partial charge < -0.3 is 9.47 Å². The summed E-state index contributed by atoms with van der Waals surface area (Å²) in [6.45, 7) is 0.250. The summed E-state index contributed by atoms with van der Waals surface area (Å²) >= 11 is 9.28. The normalized spacial score (nSPS) is 10.8. The molecule has 0 unspecified atom stereocenters. The molecule has 0 atom stereocenters. The monoisotopic (exact) mass is 490 g/mol. The Hall–Kier alpha value is -2.90. The molecule has 154 valence electrons. The van der Waals surface area contributed by atoms with Crippen molar-refractivity contribution in [2.45, 2.75) is 6.61 Å². The number of amides is 1. The minimum Gasteiger partial charge on any atom is -0.493 e. The summed E-state index contributed by atoms with van der Waals surface area (Å²) in [7, 11) is 1.52. The maximum Gasteiger partial charge on any atom is 0.271 e. The number of hydrogen-bond acceptors (Lipinski definition) is 4. The summed E-state index contributed by atoms with van der Waals surface area (Å²) < 4.78 is 24.9. The maximum atomic E-state index is 13.0. The van der Waals surface area contributed by atoms with Gasteiger partial charge in [-0.05, 0) is 75.6 Å². The molecule has 0 aromatic heterocycles. The van der Waals surface area contributed by atoms with Gasteiger partial charge in [-0.2, -0.15) is 5.10 Å². The van der Waals surface area contributed by atoms with Crippen LogP contribution >= 0.6 is 27.5 Å². The molecule has 0 radical (unpaired) electrons. The average molecular weight is 492 g/mol. The number of hydrogen-bond donors (Lipinski definition) is 1. The van der Waals surface area contributed by atoms with Crippen LogP contribution in [0.2, 0.25) is 5.02 Å². The van der Waals surface area contributed by atoms with E-state index in [1.165, 1.54) is 25.5 Å². The van der Waals surface area contributed by atoms with Crippen LogP contribution in [0.15, 0.2) is 70.2 Å². The number of nitrogens with one attached hydrogen (secondary N) is 1. The van der Waals surface area contributed by atoms with Gasteiger partial charge in [-0.15, -0.1) is 0 Å². The third kappa shape index (κ3) is 5.81. The second-order valence-corrected chi connectivity index (χ2v) is 7.45. The zero-order valence-electron chi connectivity index (χ0n) is 15.9. The third-order valence-electron chi connectivity index (χ3n) is 4.03. The Bertz CT molecular complexity index is 1060. The van der Waals surface area contributed by atoms with Gasteiger partial charge in [-0.1, -0.05) is 23.7 Å². The second kappa shape index (κ2) is 10.2. The molecule has 3 aromatic rings. The molecule has 3 aromatic carbocycles. The lowest BCUT2D eigenvalue weighted by atomic mass is 10.2. The van der Waals surface area contributed by atoms with E-state index in [9.17, 15) is 9.18 Å². The Morgan fingerprint density at radius 2 is 1.87 bits per heavy atom. The first kappa shape index (κ1) is 21.8. The minimum atomic E-state index is -0.354. The highest BCUT2D eigenvalue weighted by Crippen LogP contribution is 2.36. The van der Waals surface area contributed by atoms with Gasteiger partial charge in [0.1, 0.15) is 12.4 Å². The van der Waals surface area contributed by atoms with E-state index in [0.717, 1.165) is 5.56 Å². The molecule has 0 saturated heterocycles. The van der Waals surface area contributed by atoms with Crippen molar-refractivity contribution in [3.63, 3.8) is 0 Å². The van der Waals surface area contributed by atoms with Crippen molar-refractivity contribution in [3.05, 3.63) is 92.7 Å². The van der Waals surface area contributed by atoms with Crippen molar-refractivity contribution in [1.29, 1.82) is 0 Å². The smallest absolute Gasteiger partial charge is 0.271 e. The Morgan fingerprint density at radius 1 is 1.17 bits per heavy atom. The molecule has 0 aliphatic rings. The molecule has 8 heteroatoms. The first-order valence-corrected chi connectivity index (χ1v) is 9.97. The van der Waals surface area contributed by atoms with E-state index in [-0.39, 0.29) is 18.3 Å². The number of hydrazone groups is 1. The van der Waals surface area contributed by atoms with E-state index in [2.05, 4.69) is 26.5 Å². The van der Waals surface area contributed by atoms with Crippen LogP contribution < -0.4 is 14.9 Å². The van der Waals surface area contributed by atoms with Crippen LogP contribution in [0.1, 0.15) is 21.5 Å². The predicted octanol–water partition coefficient (Wildman–Crippen LogP) is 5.59. The van der Waals surface area contributed by atoms with Crippen LogP contribution in [0.4, 0.5) is 4.39 Å². The number of methoxy groups -OCH3 is 1. The summed E-state index contributed by atoms with van der Waals surface area (Å²) in [5, 5.41) is 4.53. The Labute approximate surface area is 186 Å². The summed E-state index contributed by atoms with van der Waals surface area (Å²) in [5.41, 5.74) is 4.41. The number of rotatable bonds is 7. The summed E-state index contributed by atoms with van der Waals surface area (Å²) in [5.74, 6) is 0.332. The van der Waals surface area contributed by atoms with Gasteiger partial charge in [-0.25, -0.2) is 9.82 Å². The first-order chi connectivity index (χ1) is 14.5. The van der Waals surface area contributed by atoms with Crippen molar-refractivity contribution in [1.82, 2.24) is 5.43 Å². The van der Waals surface area contributed by atoms with Gasteiger partial charge in [0.15, 0.2) is 11.5 Å². The highest BCUT2D eigenvalue weighted by molar-refractivity contribution is 9.10. The molecule has 0 aliphatic heterocycles. The molecule has 0 saturated carbocycles. The molecule has 0 spiro atoms. The fourth-order valence-corrected chi connectivity index (χ4v) is 3.22. The van der Waals surface area contributed by atoms with Crippen molar-refractivity contribution in [3.8, 4) is 11.5 Å². The average Bonchev–Trinajstić information content (AvgIpc) is 2.74. The van der Waals surface area contributed by atoms with E-state index >= 15 is 0 Å². The summed E-state index contributed by atoms with van der Waals surface area (Å²) in [6.07, 6.45) is 1.49. The van der Waals surface area contributed by atoms with Crippen LogP contribution in [-0.4, -0.2) is 19.2 Å². The van der Waals surface area contributed by atoms with E-state index in [4.69, 9.17) is 21.1 Å². The van der Waals surface area contributed by atoms with Gasteiger partial charge >= 0.3 is 0 Å². The lowest BCUT2D eigenvalue weighted by Crippen LogP contribution is -2.17. The van der Waals surface area contributed by atoms with Crippen LogP contribution in [0.25, 0.3) is 0 Å². The largest absolute Gasteiger partial charge is 0.493 e. The standard InChI is InChI=1S/C22H17BrClFN2O3/c1-29-20-11-15(12-26-27-22(28)16-4-6-17(24)7-5-16)10-19(23)21(20)30-13-14-2-8-18(25)9-3-14/h2-12H,13H2,1H3,(H,27,28)/b26-12-. The van der Waals surface area contributed by atoms with E-state index in [1.807, 2.05) is 0 Å². The lowest BCUT2D eigenvalue weighted by molar-refractivity contribution is 0.0955. The van der Waals surface area contributed by atoms with Gasteiger partial charge in [0.25, 0.3) is 5.91 Å². The minimum absolute atomic E-state index is 0.250. The van der Waals surface area contributed by atoms with Crippen LogP contribution in [0, 0.1) is 5.82 Å². The second-order valence-electron chi connectivity index (χ2n) is 6.16. The molecular weight excluding hydrogens is 475 g/mol. The molecule has 5 nitrogen and oxygen atoms in total. The first-order valence-electron chi connectivity index (χ1n) is 8.80. The maximum absolute atomic E-state index is 13.0. The number of benzene rings is 3. The Morgan fingerprint density at radius 3 is 2.53 bits per heavy atom. The molecule has 0 aliphatic carbocycles. The number of nitrogens with zero attached hydrogens (tertiary/aromatic N) is 1. The molecular formula is C22H17BrClFN2O3. The number of halogens is 3. The Kier molecular flexibility index (Phi) is 7.43. The molecule has 3 rings (SSSR count). The molecule has 30 heavy (non-hydrogen) atoms. The zero-order chi connectivity index (χ0) is 21.5. The molecule has 0 bridgehead atoms. The molecule has 1 N–H and O–H groups in total. The van der Waals surface area contributed by atoms with Gasteiger partial charge in [0.2, 0.25) is 0 Å². The van der Waals surface area contributed by atoms with Gasteiger partial charge in [-0.3, -0.25) is 4.79 Å². The topological polar surface area (TPSA) is 59.9 Å². The highest BCUT2D eigenvalue weighted by atomic mass is 79.9. The van der Waals surface area contributed by atoms with E-state index < -0.39 is 0 Å². The van der Waals surface area contributed by atoms with Gasteiger partial charge in [0, 0.05) is 10.6 Å². The fourth-order valence-electron chi connectivity index (χ4n) is 2.52. The highest BCUT2D eigenvalue weighted by Gasteiger charge is 2.12. The van der Waals surface area contributed by atoms with Gasteiger partial charge in [0.05, 0.1) is 17.8 Å². The quantitative estimate of drug-likeness (QED) is 0.346. The van der Waals surface area contributed by atoms with Crippen LogP contribution in [-0.2, 0) is 6.61 Å². The number of carbonyl (C=O) groups is 1. The van der Waals surface area contributed by atoms with E-state index in [1.54, 1.807) is 48.5 Å². The summed E-state index contributed by atoms with van der Waals surface area (Å²) in [4.78, 5) is 12.1. The molecule has 1 amide bonds. The summed E-state index contributed by atoms with van der Waals surface area (Å²) in [6, 6.07) is 16.1. The van der Waals surface area contributed by atoms with Crippen LogP contribution in [0.5, 0.6) is 11.5 Å². The Balaban J connectivity index is 1.68. The molecule has 0 heterocycles. The van der Waals surface area contributed by atoms with E-state index in [0.29, 0.717) is 32.1 Å². The SMILES string of the molecule is COc1cc(/C=N\NC(=O)c2ccc(Cl)cc2)cc(Br)c1OCc1ccc(F)cc1. The fraction of sp³-hybridized carbons (Fsp3) is 0.0909. The zero-order valence-corrected chi connectivity index (χ0v) is 18.2. The van der Waals surface area contributed by atoms with Crippen molar-refractivity contribution in [2.24, 2.45) is 5.10 Å². The molecule has 0 fully saturated rings. The van der Waals surface area contributed by atoms with Crippen molar-refractivity contribution >= 4 is 39.7 Å².